The van der Waals surface area contributed by atoms with Crippen LogP contribution >= 0.6 is 0 Å². The third kappa shape index (κ3) is 2.18. The van der Waals surface area contributed by atoms with Crippen LogP contribution in [0.25, 0.3) is 11.2 Å². The number of hydrogen-bond acceptors (Lipinski definition) is 3. The lowest BCUT2D eigenvalue weighted by Gasteiger charge is -2.10. The lowest BCUT2D eigenvalue weighted by atomic mass is 10.1. The molecule has 0 aliphatic rings. The Balaban J connectivity index is 2.12. The maximum Gasteiger partial charge on any atom is 0.202 e. The van der Waals surface area contributed by atoms with Crippen molar-refractivity contribution < 1.29 is 0 Å². The Morgan fingerprint density at radius 2 is 1.81 bits per heavy atom. The third-order valence-corrected chi connectivity index (χ3v) is 3.98. The Hall–Kier alpha value is -2.30. The number of aromatic nitrogens is 4. The quantitative estimate of drug-likeness (QED) is 0.800. The highest BCUT2D eigenvalue weighted by molar-refractivity contribution is 5.77. The van der Waals surface area contributed by atoms with Crippen LogP contribution in [-0.4, -0.2) is 19.3 Å². The topological polar surface area (TPSA) is 61.7 Å². The number of fused-ring (bicyclic) bond motifs is 1. The van der Waals surface area contributed by atoms with Gasteiger partial charge in [0.1, 0.15) is 5.52 Å². The van der Waals surface area contributed by atoms with Gasteiger partial charge in [-0.15, -0.1) is 0 Å². The fourth-order valence-corrected chi connectivity index (χ4v) is 2.88. The van der Waals surface area contributed by atoms with E-state index in [1.54, 1.807) is 0 Å². The van der Waals surface area contributed by atoms with Gasteiger partial charge in [-0.05, 0) is 24.0 Å². The molecule has 2 heterocycles. The molecule has 0 radical (unpaired) electrons. The number of rotatable bonds is 4. The Morgan fingerprint density at radius 3 is 2.48 bits per heavy atom. The molecule has 3 aromatic rings. The summed E-state index contributed by atoms with van der Waals surface area (Å²) in [6.45, 7) is 4.99. The highest BCUT2D eigenvalue weighted by atomic mass is 15.3. The molecule has 0 atom stereocenters. The van der Waals surface area contributed by atoms with Crippen LogP contribution in [0.1, 0.15) is 30.7 Å². The van der Waals surface area contributed by atoms with E-state index < -0.39 is 0 Å². The van der Waals surface area contributed by atoms with Crippen molar-refractivity contribution in [3.63, 3.8) is 0 Å². The van der Waals surface area contributed by atoms with E-state index in [2.05, 4.69) is 52.8 Å². The fourth-order valence-electron chi connectivity index (χ4n) is 2.88. The number of nitrogen functional groups attached to an aromatic ring is 1. The zero-order valence-electron chi connectivity index (χ0n) is 12.8. The average molecular weight is 283 g/mol. The van der Waals surface area contributed by atoms with Crippen LogP contribution in [0.3, 0.4) is 0 Å². The fraction of sp³-hybridized carbons (Fsp3) is 0.375. The Kier molecular flexibility index (Phi) is 3.41. The van der Waals surface area contributed by atoms with E-state index in [-0.39, 0.29) is 0 Å². The monoisotopic (exact) mass is 283 g/mol. The van der Waals surface area contributed by atoms with Gasteiger partial charge in [0.05, 0.1) is 12.2 Å². The summed E-state index contributed by atoms with van der Waals surface area (Å²) in [5, 5.41) is 4.53. The molecule has 1 aromatic carbocycles. The summed E-state index contributed by atoms with van der Waals surface area (Å²) in [7, 11) is 1.95. The summed E-state index contributed by atoms with van der Waals surface area (Å²) < 4.78 is 3.93. The Labute approximate surface area is 124 Å². The van der Waals surface area contributed by atoms with E-state index in [1.165, 1.54) is 11.1 Å². The molecule has 2 aromatic heterocycles. The minimum Gasteiger partial charge on any atom is -0.369 e. The lowest BCUT2D eigenvalue weighted by Crippen LogP contribution is -2.09. The molecule has 0 aliphatic carbocycles. The van der Waals surface area contributed by atoms with Crippen molar-refractivity contribution in [2.75, 3.05) is 5.73 Å². The summed E-state index contributed by atoms with van der Waals surface area (Å²) in [5.74, 6) is 0.554. The van der Waals surface area contributed by atoms with E-state index in [0.717, 1.165) is 36.2 Å². The number of nitrogens with zero attached hydrogens (tertiary/aromatic N) is 4. The van der Waals surface area contributed by atoms with Crippen LogP contribution in [0.2, 0.25) is 0 Å². The number of anilines is 1. The van der Waals surface area contributed by atoms with Crippen LogP contribution in [0.4, 0.5) is 5.95 Å². The molecule has 0 saturated carbocycles. The second-order valence-electron chi connectivity index (χ2n) is 5.27. The van der Waals surface area contributed by atoms with E-state index >= 15 is 0 Å². The molecule has 5 heteroatoms. The highest BCUT2D eigenvalue weighted by Gasteiger charge is 2.17. The molecule has 0 saturated heterocycles. The first-order valence-corrected chi connectivity index (χ1v) is 7.40. The number of imidazole rings is 1. The van der Waals surface area contributed by atoms with E-state index in [9.17, 15) is 0 Å². The maximum absolute atomic E-state index is 6.14. The van der Waals surface area contributed by atoms with Gasteiger partial charge in [-0.3, -0.25) is 9.25 Å². The van der Waals surface area contributed by atoms with Gasteiger partial charge in [0.2, 0.25) is 5.95 Å². The zero-order valence-corrected chi connectivity index (χ0v) is 12.8. The first-order chi connectivity index (χ1) is 10.2. The third-order valence-electron chi connectivity index (χ3n) is 3.98. The van der Waals surface area contributed by atoms with Gasteiger partial charge >= 0.3 is 0 Å². The van der Waals surface area contributed by atoms with Gasteiger partial charge in [0, 0.05) is 7.05 Å². The normalized spacial score (nSPS) is 11.4. The molecule has 0 bridgehead atoms. The van der Waals surface area contributed by atoms with Crippen LogP contribution in [0, 0.1) is 0 Å². The van der Waals surface area contributed by atoms with Crippen LogP contribution in [-0.2, 0) is 26.4 Å². The van der Waals surface area contributed by atoms with Crippen molar-refractivity contribution in [1.82, 2.24) is 19.3 Å². The first kappa shape index (κ1) is 13.7. The van der Waals surface area contributed by atoms with Gasteiger partial charge in [0.25, 0.3) is 0 Å². The SMILES string of the molecule is CCc1ccccc1Cn1c(N)nc2c(CC)nn(C)c21. The van der Waals surface area contributed by atoms with Crippen LogP contribution in [0.5, 0.6) is 0 Å². The van der Waals surface area contributed by atoms with Gasteiger partial charge < -0.3 is 5.73 Å². The molecule has 0 spiro atoms. The molecule has 0 aliphatic heterocycles. The summed E-state index contributed by atoms with van der Waals surface area (Å²) in [5.41, 5.74) is 11.7. The van der Waals surface area contributed by atoms with Crippen LogP contribution < -0.4 is 5.73 Å². The lowest BCUT2D eigenvalue weighted by molar-refractivity contribution is 0.717. The summed E-state index contributed by atoms with van der Waals surface area (Å²) in [6, 6.07) is 8.47. The Morgan fingerprint density at radius 1 is 1.10 bits per heavy atom. The van der Waals surface area contributed by atoms with Gasteiger partial charge in [0.15, 0.2) is 5.65 Å². The first-order valence-electron chi connectivity index (χ1n) is 7.40. The minimum atomic E-state index is 0.554. The summed E-state index contributed by atoms with van der Waals surface area (Å²) in [4.78, 5) is 4.51. The number of hydrogen-bond donors (Lipinski definition) is 1. The molecular weight excluding hydrogens is 262 g/mol. The summed E-state index contributed by atoms with van der Waals surface area (Å²) >= 11 is 0. The summed E-state index contributed by atoms with van der Waals surface area (Å²) in [6.07, 6.45) is 1.87. The van der Waals surface area contributed by atoms with Crippen molar-refractivity contribution in [3.05, 3.63) is 41.1 Å². The standard InChI is InChI=1S/C16H21N5/c1-4-11-8-6-7-9-12(11)10-21-15-14(18-16(21)17)13(5-2)19-20(15)3/h6-9H,4-5,10H2,1-3H3,(H2,17,18). The number of nitrogens with two attached hydrogens (primary N) is 1. The predicted molar refractivity (Wildman–Crippen MR) is 85.2 cm³/mol. The second-order valence-corrected chi connectivity index (χ2v) is 5.27. The molecule has 5 nitrogen and oxygen atoms in total. The van der Waals surface area contributed by atoms with Crippen LogP contribution in [0.15, 0.2) is 24.3 Å². The Bertz CT molecular complexity index is 781. The molecule has 21 heavy (non-hydrogen) atoms. The van der Waals surface area contributed by atoms with Crippen molar-refractivity contribution in [1.29, 1.82) is 0 Å². The van der Waals surface area contributed by atoms with Gasteiger partial charge in [-0.2, -0.15) is 5.10 Å². The molecule has 0 amide bonds. The predicted octanol–water partition coefficient (Wildman–Crippen LogP) is 2.53. The van der Waals surface area contributed by atoms with Gasteiger partial charge in [-0.25, -0.2) is 4.98 Å². The van der Waals surface area contributed by atoms with Gasteiger partial charge in [-0.1, -0.05) is 38.1 Å². The zero-order chi connectivity index (χ0) is 15.0. The molecule has 0 unspecified atom stereocenters. The van der Waals surface area contributed by atoms with E-state index in [4.69, 9.17) is 5.73 Å². The van der Waals surface area contributed by atoms with E-state index in [1.807, 2.05) is 11.7 Å². The molecule has 2 N–H and O–H groups in total. The number of aryl methyl sites for hydroxylation is 3. The second kappa shape index (κ2) is 5.24. The van der Waals surface area contributed by atoms with Crippen molar-refractivity contribution in [2.24, 2.45) is 7.05 Å². The van der Waals surface area contributed by atoms with E-state index in [0.29, 0.717) is 5.95 Å². The number of benzene rings is 1. The largest absolute Gasteiger partial charge is 0.369 e. The minimum absolute atomic E-state index is 0.554. The van der Waals surface area contributed by atoms with Crippen molar-refractivity contribution in [3.8, 4) is 0 Å². The average Bonchev–Trinajstić information content (AvgIpc) is 2.97. The smallest absolute Gasteiger partial charge is 0.202 e. The molecule has 0 fully saturated rings. The maximum atomic E-state index is 6.14. The highest BCUT2D eigenvalue weighted by Crippen LogP contribution is 2.23. The molecule has 3 rings (SSSR count). The van der Waals surface area contributed by atoms with Crippen molar-refractivity contribution in [2.45, 2.75) is 33.2 Å². The van der Waals surface area contributed by atoms with Crippen molar-refractivity contribution >= 4 is 17.1 Å². The molecular formula is C16H21N5. The molecule has 110 valence electrons.